The van der Waals surface area contributed by atoms with Crippen molar-refractivity contribution < 1.29 is 14.3 Å². The summed E-state index contributed by atoms with van der Waals surface area (Å²) >= 11 is 2.14. The minimum atomic E-state index is -0.391. The van der Waals surface area contributed by atoms with Crippen molar-refractivity contribution in [2.24, 2.45) is 0 Å². The Balaban J connectivity index is 3.13. The third-order valence-electron chi connectivity index (χ3n) is 1.80. The highest BCUT2D eigenvalue weighted by Gasteiger charge is 2.21. The number of halogens is 1. The molecule has 0 amide bonds. The molecule has 3 nitrogen and oxygen atoms in total. The van der Waals surface area contributed by atoms with Gasteiger partial charge in [-0.05, 0) is 55.5 Å². The van der Waals surface area contributed by atoms with Gasteiger partial charge in [0.15, 0.2) is 0 Å². The SMILES string of the molecule is CC(C)(C)Oc1c(I)cccc1C(=O)OC[Si]. The number of rotatable bonds is 3. The molecular weight excluding hydrogens is 347 g/mol. The lowest BCUT2D eigenvalue weighted by Crippen LogP contribution is -2.25. The Morgan fingerprint density at radius 2 is 2.06 bits per heavy atom. The molecule has 0 fully saturated rings. The fourth-order valence-electron chi connectivity index (χ4n) is 1.22. The maximum absolute atomic E-state index is 11.8. The van der Waals surface area contributed by atoms with Crippen LogP contribution in [0.3, 0.4) is 0 Å². The highest BCUT2D eigenvalue weighted by atomic mass is 127. The summed E-state index contributed by atoms with van der Waals surface area (Å²) < 4.78 is 11.6. The zero-order chi connectivity index (χ0) is 13.1. The summed E-state index contributed by atoms with van der Waals surface area (Å²) in [6, 6.07) is 5.40. The van der Waals surface area contributed by atoms with E-state index < -0.39 is 5.97 Å². The number of hydrogen-bond acceptors (Lipinski definition) is 3. The molecule has 17 heavy (non-hydrogen) atoms. The minimum absolute atomic E-state index is 0.166. The lowest BCUT2D eigenvalue weighted by Gasteiger charge is -2.23. The molecule has 3 radical (unpaired) electrons. The third-order valence-corrected chi connectivity index (χ3v) is 2.79. The molecule has 0 aliphatic rings. The maximum Gasteiger partial charge on any atom is 0.341 e. The molecule has 1 rings (SSSR count). The summed E-state index contributed by atoms with van der Waals surface area (Å²) in [6.07, 6.45) is 0.166. The Bertz CT molecular complexity index is 413. The fourth-order valence-corrected chi connectivity index (χ4v) is 1.96. The van der Waals surface area contributed by atoms with E-state index in [9.17, 15) is 4.79 Å². The number of benzene rings is 1. The van der Waals surface area contributed by atoms with E-state index in [1.807, 2.05) is 32.9 Å². The molecule has 5 heteroatoms. The van der Waals surface area contributed by atoms with Gasteiger partial charge in [0.05, 0.1) is 20.0 Å². The van der Waals surface area contributed by atoms with Gasteiger partial charge in [-0.2, -0.15) is 0 Å². The van der Waals surface area contributed by atoms with E-state index in [4.69, 9.17) is 9.47 Å². The van der Waals surface area contributed by atoms with E-state index in [1.165, 1.54) is 0 Å². The zero-order valence-corrected chi connectivity index (χ0v) is 13.2. The second kappa shape index (κ2) is 5.86. The van der Waals surface area contributed by atoms with Gasteiger partial charge in [-0.15, -0.1) is 0 Å². The predicted octanol–water partition coefficient (Wildman–Crippen LogP) is 2.75. The van der Waals surface area contributed by atoms with Gasteiger partial charge in [0.2, 0.25) is 0 Å². The topological polar surface area (TPSA) is 35.5 Å². The van der Waals surface area contributed by atoms with Gasteiger partial charge in [-0.3, -0.25) is 0 Å². The average molecular weight is 361 g/mol. The molecule has 0 N–H and O–H groups in total. The first-order chi connectivity index (χ1) is 7.85. The van der Waals surface area contributed by atoms with Crippen LogP contribution < -0.4 is 4.74 Å². The summed E-state index contributed by atoms with van der Waals surface area (Å²) in [7, 11) is 3.11. The second-order valence-electron chi connectivity index (χ2n) is 4.41. The van der Waals surface area contributed by atoms with Gasteiger partial charge in [-0.25, -0.2) is 4.79 Å². The number of esters is 1. The van der Waals surface area contributed by atoms with Crippen LogP contribution in [-0.2, 0) is 4.74 Å². The van der Waals surface area contributed by atoms with Crippen molar-refractivity contribution in [2.45, 2.75) is 26.4 Å². The molecule has 0 aliphatic carbocycles. The monoisotopic (exact) mass is 361 g/mol. The first kappa shape index (κ1) is 14.5. The summed E-state index contributed by atoms with van der Waals surface area (Å²) in [5.74, 6) is 0.184. The normalized spacial score (nSPS) is 11.1. The lowest BCUT2D eigenvalue weighted by molar-refractivity contribution is 0.0559. The number of carbonyl (C=O) groups is 1. The zero-order valence-electron chi connectivity index (χ0n) is 10.0. The first-order valence-electron chi connectivity index (χ1n) is 5.14. The Hall–Kier alpha value is -0.563. The van der Waals surface area contributed by atoms with Crippen LogP contribution in [0, 0.1) is 3.57 Å². The van der Waals surface area contributed by atoms with Crippen LogP contribution in [0.25, 0.3) is 0 Å². The van der Waals surface area contributed by atoms with Gasteiger partial charge < -0.3 is 9.47 Å². The van der Waals surface area contributed by atoms with Crippen molar-refractivity contribution in [2.75, 3.05) is 6.23 Å². The van der Waals surface area contributed by atoms with Crippen molar-refractivity contribution in [1.29, 1.82) is 0 Å². The molecule has 0 saturated heterocycles. The quantitative estimate of drug-likeness (QED) is 0.472. The molecule has 0 atom stereocenters. The van der Waals surface area contributed by atoms with Crippen LogP contribution in [0.5, 0.6) is 5.75 Å². The van der Waals surface area contributed by atoms with Crippen molar-refractivity contribution >= 4 is 38.8 Å². The molecule has 91 valence electrons. The van der Waals surface area contributed by atoms with E-state index in [0.29, 0.717) is 11.3 Å². The van der Waals surface area contributed by atoms with E-state index in [0.717, 1.165) is 3.57 Å². The van der Waals surface area contributed by atoms with Crippen molar-refractivity contribution in [3.8, 4) is 5.75 Å². The third kappa shape index (κ3) is 4.31. The molecule has 0 bridgehead atoms. The number of carbonyl (C=O) groups excluding carboxylic acids is 1. The Labute approximate surface area is 118 Å². The Morgan fingerprint density at radius 1 is 1.41 bits per heavy atom. The van der Waals surface area contributed by atoms with Crippen LogP contribution in [0.2, 0.25) is 0 Å². The molecule has 0 spiro atoms. The predicted molar refractivity (Wildman–Crippen MR) is 75.6 cm³/mol. The van der Waals surface area contributed by atoms with Crippen molar-refractivity contribution in [1.82, 2.24) is 0 Å². The molecule has 1 aromatic carbocycles. The summed E-state index contributed by atoms with van der Waals surface area (Å²) in [6.45, 7) is 5.82. The first-order valence-corrected chi connectivity index (χ1v) is 6.93. The van der Waals surface area contributed by atoms with Gasteiger partial charge in [0, 0.05) is 0 Å². The smallest absolute Gasteiger partial charge is 0.341 e. The molecule has 0 saturated carbocycles. The second-order valence-corrected chi connectivity index (χ2v) is 5.86. The summed E-state index contributed by atoms with van der Waals surface area (Å²) in [5, 5.41) is 0. The molecule has 0 unspecified atom stereocenters. The standard InChI is InChI=1S/C12H14IO3Si/c1-12(2,3)16-10-8(11(14)15-7-17)5-4-6-9(10)13/h4-6H,7H2,1-3H3. The van der Waals surface area contributed by atoms with Gasteiger partial charge in [-0.1, -0.05) is 6.07 Å². The van der Waals surface area contributed by atoms with E-state index in [-0.39, 0.29) is 11.8 Å². The fraction of sp³-hybridized carbons (Fsp3) is 0.417. The van der Waals surface area contributed by atoms with E-state index >= 15 is 0 Å². The number of para-hydroxylation sites is 1. The van der Waals surface area contributed by atoms with Gasteiger partial charge in [0.25, 0.3) is 0 Å². The molecule has 1 aromatic rings. The van der Waals surface area contributed by atoms with Crippen LogP contribution in [0.15, 0.2) is 18.2 Å². The molecule has 0 heterocycles. The van der Waals surface area contributed by atoms with Crippen LogP contribution >= 0.6 is 22.6 Å². The van der Waals surface area contributed by atoms with E-state index in [1.54, 1.807) is 6.07 Å². The minimum Gasteiger partial charge on any atom is -0.486 e. The van der Waals surface area contributed by atoms with Gasteiger partial charge >= 0.3 is 5.97 Å². The van der Waals surface area contributed by atoms with Crippen LogP contribution in [0.4, 0.5) is 0 Å². The summed E-state index contributed by atoms with van der Waals surface area (Å²) in [4.78, 5) is 11.8. The Morgan fingerprint density at radius 3 is 2.59 bits per heavy atom. The highest BCUT2D eigenvalue weighted by molar-refractivity contribution is 14.1. The number of hydrogen-bond donors (Lipinski definition) is 0. The average Bonchev–Trinajstić information content (AvgIpc) is 2.19. The molecular formula is C12H14IO3Si. The van der Waals surface area contributed by atoms with Gasteiger partial charge in [0.1, 0.15) is 16.9 Å². The van der Waals surface area contributed by atoms with Crippen molar-refractivity contribution in [3.63, 3.8) is 0 Å². The highest BCUT2D eigenvalue weighted by Crippen LogP contribution is 2.29. The maximum atomic E-state index is 11.8. The van der Waals surface area contributed by atoms with E-state index in [2.05, 4.69) is 32.8 Å². The number of ether oxygens (including phenoxy) is 2. The van der Waals surface area contributed by atoms with Crippen LogP contribution in [-0.4, -0.2) is 28.0 Å². The summed E-state index contributed by atoms with van der Waals surface area (Å²) in [5.41, 5.74) is 0.0923. The molecule has 0 aromatic heterocycles. The Kier molecular flexibility index (Phi) is 5.00. The largest absolute Gasteiger partial charge is 0.486 e. The van der Waals surface area contributed by atoms with Crippen LogP contribution in [0.1, 0.15) is 31.1 Å². The lowest BCUT2D eigenvalue weighted by atomic mass is 10.1. The molecule has 0 aliphatic heterocycles. The van der Waals surface area contributed by atoms with Crippen molar-refractivity contribution in [3.05, 3.63) is 27.3 Å².